The molecule has 1 saturated heterocycles. The van der Waals surface area contributed by atoms with Gasteiger partial charge in [0.15, 0.2) is 0 Å². The molecule has 1 aliphatic rings. The topological polar surface area (TPSA) is 47.4 Å². The van der Waals surface area contributed by atoms with Gasteiger partial charge in [-0.25, -0.2) is 4.68 Å². The Labute approximate surface area is 144 Å². The fourth-order valence-electron chi connectivity index (χ4n) is 2.61. The summed E-state index contributed by atoms with van der Waals surface area (Å²) in [5.41, 5.74) is 1.99. The van der Waals surface area contributed by atoms with Crippen molar-refractivity contribution in [2.45, 2.75) is 13.5 Å². The molecular weight excluding hydrogens is 337 g/mol. The summed E-state index contributed by atoms with van der Waals surface area (Å²) in [5.74, 6) is -0.0961. The van der Waals surface area contributed by atoms with Gasteiger partial charge in [0.1, 0.15) is 5.15 Å². The molecule has 0 unspecified atom stereocenters. The van der Waals surface area contributed by atoms with Crippen molar-refractivity contribution in [2.75, 3.05) is 26.3 Å². The molecule has 1 aromatic carbocycles. The number of aromatic nitrogens is 2. The number of morpholine rings is 1. The van der Waals surface area contributed by atoms with Gasteiger partial charge in [0.2, 0.25) is 0 Å². The third-order valence-electron chi connectivity index (χ3n) is 3.86. The third-order valence-corrected chi connectivity index (χ3v) is 4.61. The average molecular weight is 354 g/mol. The van der Waals surface area contributed by atoms with Crippen molar-refractivity contribution in [2.24, 2.45) is 0 Å². The van der Waals surface area contributed by atoms with Gasteiger partial charge in [-0.2, -0.15) is 5.10 Å². The number of carbonyl (C=O) groups is 1. The number of benzene rings is 1. The standard InChI is InChI=1S/C16H17Cl2N3O2/c1-11-14(16(22)20-6-8-23-9-7-20)15(18)21(19-11)10-12-4-2-3-5-13(12)17/h2-5H,6-10H2,1H3. The predicted octanol–water partition coefficient (Wildman–Crippen LogP) is 3.02. The smallest absolute Gasteiger partial charge is 0.259 e. The first-order valence-corrected chi connectivity index (χ1v) is 8.17. The summed E-state index contributed by atoms with van der Waals surface area (Å²) in [4.78, 5) is 14.4. The van der Waals surface area contributed by atoms with Crippen LogP contribution in [0, 0.1) is 6.92 Å². The van der Waals surface area contributed by atoms with Crippen LogP contribution in [0.25, 0.3) is 0 Å². The van der Waals surface area contributed by atoms with Gasteiger partial charge in [-0.05, 0) is 18.6 Å². The van der Waals surface area contributed by atoms with Crippen molar-refractivity contribution in [1.82, 2.24) is 14.7 Å². The van der Waals surface area contributed by atoms with Crippen molar-refractivity contribution in [3.8, 4) is 0 Å². The number of aryl methyl sites for hydroxylation is 1. The van der Waals surface area contributed by atoms with E-state index < -0.39 is 0 Å². The van der Waals surface area contributed by atoms with Crippen LogP contribution < -0.4 is 0 Å². The number of hydrogen-bond acceptors (Lipinski definition) is 3. The quantitative estimate of drug-likeness (QED) is 0.851. The second-order valence-electron chi connectivity index (χ2n) is 5.40. The minimum absolute atomic E-state index is 0.0961. The van der Waals surface area contributed by atoms with E-state index in [1.165, 1.54) is 0 Å². The van der Waals surface area contributed by atoms with E-state index >= 15 is 0 Å². The van der Waals surface area contributed by atoms with Crippen molar-refractivity contribution in [1.29, 1.82) is 0 Å². The fourth-order valence-corrected chi connectivity index (χ4v) is 3.12. The highest BCUT2D eigenvalue weighted by atomic mass is 35.5. The number of carbonyl (C=O) groups excluding carboxylic acids is 1. The van der Waals surface area contributed by atoms with E-state index in [0.717, 1.165) is 5.56 Å². The first-order valence-electron chi connectivity index (χ1n) is 7.41. The minimum atomic E-state index is -0.0961. The lowest BCUT2D eigenvalue weighted by Crippen LogP contribution is -2.40. The van der Waals surface area contributed by atoms with Crippen LogP contribution in [-0.4, -0.2) is 46.9 Å². The lowest BCUT2D eigenvalue weighted by atomic mass is 10.2. The molecule has 1 aliphatic heterocycles. The van der Waals surface area contributed by atoms with E-state index in [9.17, 15) is 4.79 Å². The normalized spacial score (nSPS) is 15.0. The highest BCUT2D eigenvalue weighted by Crippen LogP contribution is 2.24. The molecule has 0 bridgehead atoms. The molecular formula is C16H17Cl2N3O2. The van der Waals surface area contributed by atoms with Crippen LogP contribution in [0.1, 0.15) is 21.6 Å². The van der Waals surface area contributed by atoms with E-state index in [1.807, 2.05) is 24.3 Å². The first kappa shape index (κ1) is 16.3. The molecule has 23 heavy (non-hydrogen) atoms. The van der Waals surface area contributed by atoms with Crippen LogP contribution in [0.15, 0.2) is 24.3 Å². The molecule has 0 N–H and O–H groups in total. The summed E-state index contributed by atoms with van der Waals surface area (Å²) in [5, 5.41) is 5.41. The van der Waals surface area contributed by atoms with Crippen molar-refractivity contribution >= 4 is 29.1 Å². The van der Waals surface area contributed by atoms with Crippen molar-refractivity contribution < 1.29 is 9.53 Å². The first-order chi connectivity index (χ1) is 11.1. The molecule has 7 heteroatoms. The Morgan fingerprint density at radius 2 is 1.96 bits per heavy atom. The number of nitrogens with zero attached hydrogens (tertiary/aromatic N) is 3. The maximum atomic E-state index is 12.7. The third kappa shape index (κ3) is 3.37. The Morgan fingerprint density at radius 3 is 2.65 bits per heavy atom. The maximum Gasteiger partial charge on any atom is 0.259 e. The van der Waals surface area contributed by atoms with E-state index in [0.29, 0.717) is 54.3 Å². The van der Waals surface area contributed by atoms with E-state index in [-0.39, 0.29) is 5.91 Å². The van der Waals surface area contributed by atoms with E-state index in [4.69, 9.17) is 27.9 Å². The second kappa shape index (κ2) is 6.91. The number of ether oxygens (including phenoxy) is 1. The summed E-state index contributed by atoms with van der Waals surface area (Å²) in [7, 11) is 0. The van der Waals surface area contributed by atoms with Gasteiger partial charge < -0.3 is 9.64 Å². The zero-order chi connectivity index (χ0) is 16.4. The molecule has 0 aliphatic carbocycles. The number of hydrogen-bond donors (Lipinski definition) is 0. The predicted molar refractivity (Wildman–Crippen MR) is 89.3 cm³/mol. The molecule has 1 fully saturated rings. The molecule has 1 aromatic heterocycles. The molecule has 2 heterocycles. The van der Waals surface area contributed by atoms with Gasteiger partial charge in [0.25, 0.3) is 5.91 Å². The lowest BCUT2D eigenvalue weighted by Gasteiger charge is -2.26. The number of halogens is 2. The lowest BCUT2D eigenvalue weighted by molar-refractivity contribution is 0.0302. The Balaban J connectivity index is 1.87. The summed E-state index contributed by atoms with van der Waals surface area (Å²) >= 11 is 12.6. The van der Waals surface area contributed by atoms with Gasteiger partial charge >= 0.3 is 0 Å². The van der Waals surface area contributed by atoms with Crippen LogP contribution in [0.3, 0.4) is 0 Å². The summed E-state index contributed by atoms with van der Waals surface area (Å²) in [6, 6.07) is 7.51. The van der Waals surface area contributed by atoms with Gasteiger partial charge in [-0.15, -0.1) is 0 Å². The monoisotopic (exact) mass is 353 g/mol. The second-order valence-corrected chi connectivity index (χ2v) is 6.17. The number of rotatable bonds is 3. The Kier molecular flexibility index (Phi) is 4.90. The fraction of sp³-hybridized carbons (Fsp3) is 0.375. The van der Waals surface area contributed by atoms with Gasteiger partial charge in [0, 0.05) is 18.1 Å². The Hall–Kier alpha value is -1.56. The van der Waals surface area contributed by atoms with Gasteiger partial charge in [-0.1, -0.05) is 41.4 Å². The largest absolute Gasteiger partial charge is 0.378 e. The Bertz CT molecular complexity index is 724. The van der Waals surface area contributed by atoms with Crippen molar-refractivity contribution in [3.05, 3.63) is 51.3 Å². The summed E-state index contributed by atoms with van der Waals surface area (Å²) in [6.45, 7) is 4.47. The van der Waals surface area contributed by atoms with Crippen LogP contribution in [0.4, 0.5) is 0 Å². The Morgan fingerprint density at radius 1 is 1.26 bits per heavy atom. The zero-order valence-corrected chi connectivity index (χ0v) is 14.3. The number of amides is 1. The highest BCUT2D eigenvalue weighted by Gasteiger charge is 2.26. The molecule has 0 spiro atoms. The van der Waals surface area contributed by atoms with Gasteiger partial charge in [-0.3, -0.25) is 4.79 Å². The van der Waals surface area contributed by atoms with Crippen molar-refractivity contribution in [3.63, 3.8) is 0 Å². The van der Waals surface area contributed by atoms with Gasteiger partial charge in [0.05, 0.1) is 31.0 Å². The molecule has 0 radical (unpaired) electrons. The SMILES string of the molecule is Cc1nn(Cc2ccccc2Cl)c(Cl)c1C(=O)N1CCOCC1. The molecule has 0 saturated carbocycles. The van der Waals surface area contributed by atoms with Crippen LogP contribution >= 0.6 is 23.2 Å². The molecule has 3 rings (SSSR count). The van der Waals surface area contributed by atoms with E-state index in [1.54, 1.807) is 16.5 Å². The molecule has 122 valence electrons. The summed E-state index contributed by atoms with van der Waals surface area (Å²) < 4.78 is 6.90. The minimum Gasteiger partial charge on any atom is -0.378 e. The van der Waals surface area contributed by atoms with E-state index in [2.05, 4.69) is 5.10 Å². The summed E-state index contributed by atoms with van der Waals surface area (Å²) in [6.07, 6.45) is 0. The van der Waals surface area contributed by atoms with Crippen LogP contribution in [0.5, 0.6) is 0 Å². The highest BCUT2D eigenvalue weighted by molar-refractivity contribution is 6.33. The molecule has 0 atom stereocenters. The molecule has 5 nitrogen and oxygen atoms in total. The van der Waals surface area contributed by atoms with Crippen LogP contribution in [0.2, 0.25) is 10.2 Å². The molecule has 2 aromatic rings. The molecule has 1 amide bonds. The average Bonchev–Trinajstić information content (AvgIpc) is 2.84. The van der Waals surface area contributed by atoms with Crippen LogP contribution in [-0.2, 0) is 11.3 Å². The maximum absolute atomic E-state index is 12.7. The zero-order valence-electron chi connectivity index (χ0n) is 12.8.